The van der Waals surface area contributed by atoms with Gasteiger partial charge in [-0.05, 0) is 33.7 Å². The van der Waals surface area contributed by atoms with Crippen LogP contribution in [0.5, 0.6) is 0 Å². The van der Waals surface area contributed by atoms with E-state index in [-0.39, 0.29) is 5.97 Å². The van der Waals surface area contributed by atoms with Crippen LogP contribution < -0.4 is 5.32 Å². The molecule has 1 aliphatic heterocycles. The van der Waals surface area contributed by atoms with Gasteiger partial charge in [-0.25, -0.2) is 0 Å². The highest BCUT2D eigenvalue weighted by Crippen LogP contribution is 2.29. The van der Waals surface area contributed by atoms with Gasteiger partial charge in [-0.1, -0.05) is 0 Å². The molecule has 0 aliphatic carbocycles. The predicted molar refractivity (Wildman–Crippen MR) is 57.6 cm³/mol. The smallest absolute Gasteiger partial charge is 0.316 e. The highest BCUT2D eigenvalue weighted by Gasteiger charge is 2.44. The van der Waals surface area contributed by atoms with Crippen LogP contribution in [0.2, 0.25) is 0 Å². The highest BCUT2D eigenvalue weighted by molar-refractivity contribution is 5.78. The Kier molecular flexibility index (Phi) is 3.73. The normalized spacial score (nSPS) is 26.7. The van der Waals surface area contributed by atoms with Crippen LogP contribution in [0, 0.1) is 5.41 Å². The monoisotopic (exact) mass is 215 g/mol. The lowest BCUT2D eigenvalue weighted by molar-refractivity contribution is -0.169. The molecule has 4 heteroatoms. The molecule has 4 nitrogen and oxygen atoms in total. The van der Waals surface area contributed by atoms with Crippen molar-refractivity contribution in [3.05, 3.63) is 0 Å². The van der Waals surface area contributed by atoms with E-state index < -0.39 is 11.0 Å². The van der Waals surface area contributed by atoms with Crippen LogP contribution in [-0.2, 0) is 14.3 Å². The molecule has 0 bridgehead atoms. The van der Waals surface area contributed by atoms with Crippen molar-refractivity contribution in [3.8, 4) is 0 Å². The van der Waals surface area contributed by atoms with E-state index in [2.05, 4.69) is 5.32 Å². The van der Waals surface area contributed by atoms with Gasteiger partial charge in [0.1, 0.15) is 11.0 Å². The zero-order valence-electron chi connectivity index (χ0n) is 10.1. The van der Waals surface area contributed by atoms with E-state index in [0.717, 1.165) is 13.0 Å². The van der Waals surface area contributed by atoms with Crippen LogP contribution in [0.25, 0.3) is 0 Å². The van der Waals surface area contributed by atoms with Crippen LogP contribution in [0.4, 0.5) is 0 Å². The number of carbonyl (C=O) groups is 1. The van der Waals surface area contributed by atoms with Gasteiger partial charge in [-0.15, -0.1) is 0 Å². The summed E-state index contributed by atoms with van der Waals surface area (Å²) in [5.74, 6) is -0.151. The zero-order chi connectivity index (χ0) is 11.5. The van der Waals surface area contributed by atoms with E-state index >= 15 is 0 Å². The number of hydrogen-bond acceptors (Lipinski definition) is 4. The largest absolute Gasteiger partial charge is 0.459 e. The van der Waals surface area contributed by atoms with Crippen molar-refractivity contribution in [1.82, 2.24) is 5.32 Å². The Labute approximate surface area is 91.3 Å². The van der Waals surface area contributed by atoms with Crippen LogP contribution in [0.15, 0.2) is 0 Å². The molecular formula is C11H21NO3. The third kappa shape index (κ3) is 3.18. The Morgan fingerprint density at radius 1 is 1.47 bits per heavy atom. The number of hydrogen-bond donors (Lipinski definition) is 1. The second-order valence-electron chi connectivity index (χ2n) is 5.14. The predicted octanol–water partition coefficient (Wildman–Crippen LogP) is 0.954. The number of ether oxygens (including phenoxy) is 2. The molecule has 1 aliphatic rings. The van der Waals surface area contributed by atoms with Crippen molar-refractivity contribution in [2.75, 3.05) is 26.8 Å². The van der Waals surface area contributed by atoms with Crippen LogP contribution in [0.1, 0.15) is 27.2 Å². The van der Waals surface area contributed by atoms with Gasteiger partial charge in [-0.3, -0.25) is 4.79 Å². The fourth-order valence-electron chi connectivity index (χ4n) is 1.76. The molecule has 15 heavy (non-hydrogen) atoms. The van der Waals surface area contributed by atoms with Crippen LogP contribution in [0.3, 0.4) is 0 Å². The lowest BCUT2D eigenvalue weighted by Gasteiger charge is -2.29. The summed E-state index contributed by atoms with van der Waals surface area (Å²) >= 11 is 0. The zero-order valence-corrected chi connectivity index (χ0v) is 10.1. The molecule has 0 aromatic carbocycles. The van der Waals surface area contributed by atoms with Gasteiger partial charge >= 0.3 is 5.97 Å². The van der Waals surface area contributed by atoms with Crippen molar-refractivity contribution >= 4 is 5.97 Å². The Hall–Kier alpha value is -0.610. The molecule has 88 valence electrons. The maximum atomic E-state index is 12.0. The van der Waals surface area contributed by atoms with E-state index in [1.807, 2.05) is 20.8 Å². The number of nitrogens with one attached hydrogen (secondary N) is 1. The van der Waals surface area contributed by atoms with Gasteiger partial charge < -0.3 is 14.8 Å². The Morgan fingerprint density at radius 2 is 2.13 bits per heavy atom. The molecule has 1 N–H and O–H groups in total. The fourth-order valence-corrected chi connectivity index (χ4v) is 1.76. The maximum Gasteiger partial charge on any atom is 0.316 e. The molecule has 1 heterocycles. The first-order valence-corrected chi connectivity index (χ1v) is 5.33. The summed E-state index contributed by atoms with van der Waals surface area (Å²) in [5.41, 5.74) is -0.914. The number of esters is 1. The number of carbonyl (C=O) groups excluding carboxylic acids is 1. The van der Waals surface area contributed by atoms with Crippen LogP contribution in [-0.4, -0.2) is 38.4 Å². The summed E-state index contributed by atoms with van der Waals surface area (Å²) in [6.07, 6.45) is 0.787. The van der Waals surface area contributed by atoms with Crippen molar-refractivity contribution in [2.24, 2.45) is 5.41 Å². The van der Waals surface area contributed by atoms with Gasteiger partial charge in [-0.2, -0.15) is 0 Å². The van der Waals surface area contributed by atoms with Gasteiger partial charge in [0.05, 0.1) is 6.61 Å². The summed E-state index contributed by atoms with van der Waals surface area (Å²) in [4.78, 5) is 12.0. The second-order valence-corrected chi connectivity index (χ2v) is 5.14. The SMILES string of the molecule is COCC1(C(=O)OC(C)(C)C)CCNC1. The van der Waals surface area contributed by atoms with Gasteiger partial charge in [0.2, 0.25) is 0 Å². The Balaban J connectivity index is 2.68. The topological polar surface area (TPSA) is 47.6 Å². The molecule has 1 atom stereocenters. The first-order chi connectivity index (χ1) is 6.90. The highest BCUT2D eigenvalue weighted by atomic mass is 16.6. The molecule has 0 aromatic heterocycles. The molecular weight excluding hydrogens is 194 g/mol. The summed E-state index contributed by atoms with van der Waals surface area (Å²) < 4.78 is 10.5. The lowest BCUT2D eigenvalue weighted by Crippen LogP contribution is -2.42. The molecule has 1 fully saturated rings. The molecule has 1 unspecified atom stereocenters. The summed E-state index contributed by atoms with van der Waals surface area (Å²) in [6.45, 7) is 7.57. The van der Waals surface area contributed by atoms with Gasteiger partial charge in [0.15, 0.2) is 0 Å². The third-order valence-corrected chi connectivity index (χ3v) is 2.50. The lowest BCUT2D eigenvalue weighted by atomic mass is 9.88. The van der Waals surface area contributed by atoms with E-state index in [9.17, 15) is 4.79 Å². The van der Waals surface area contributed by atoms with Crippen LogP contribution >= 0.6 is 0 Å². The minimum Gasteiger partial charge on any atom is -0.459 e. The molecule has 0 aromatic rings. The molecule has 1 saturated heterocycles. The van der Waals surface area contributed by atoms with E-state index in [1.54, 1.807) is 7.11 Å². The first-order valence-electron chi connectivity index (χ1n) is 5.33. The minimum atomic E-state index is -0.484. The number of methoxy groups -OCH3 is 1. The average Bonchev–Trinajstić information content (AvgIpc) is 2.51. The summed E-state index contributed by atoms with van der Waals surface area (Å²) in [6, 6.07) is 0. The summed E-state index contributed by atoms with van der Waals surface area (Å²) in [5, 5.41) is 3.18. The van der Waals surface area contributed by atoms with Gasteiger partial charge in [0.25, 0.3) is 0 Å². The molecule has 0 spiro atoms. The van der Waals surface area contributed by atoms with E-state index in [4.69, 9.17) is 9.47 Å². The molecule has 0 radical (unpaired) electrons. The van der Waals surface area contributed by atoms with Crippen molar-refractivity contribution < 1.29 is 14.3 Å². The number of rotatable bonds is 3. The summed E-state index contributed by atoms with van der Waals surface area (Å²) in [7, 11) is 1.62. The van der Waals surface area contributed by atoms with Crippen molar-refractivity contribution in [2.45, 2.75) is 32.8 Å². The first kappa shape index (κ1) is 12.5. The minimum absolute atomic E-state index is 0.151. The maximum absolute atomic E-state index is 12.0. The van der Waals surface area contributed by atoms with Gasteiger partial charge in [0, 0.05) is 13.7 Å². The Morgan fingerprint density at radius 3 is 2.53 bits per heavy atom. The average molecular weight is 215 g/mol. The molecule has 1 rings (SSSR count). The Bertz CT molecular complexity index is 226. The standard InChI is InChI=1S/C11H21NO3/c1-10(2,3)15-9(13)11(8-14-4)5-6-12-7-11/h12H,5-8H2,1-4H3. The molecule has 0 saturated carbocycles. The quantitative estimate of drug-likeness (QED) is 0.712. The third-order valence-electron chi connectivity index (χ3n) is 2.50. The molecule has 0 amide bonds. The van der Waals surface area contributed by atoms with E-state index in [0.29, 0.717) is 13.2 Å². The second kappa shape index (κ2) is 4.49. The fraction of sp³-hybridized carbons (Fsp3) is 0.909. The van der Waals surface area contributed by atoms with E-state index in [1.165, 1.54) is 0 Å². The van der Waals surface area contributed by atoms with Crippen molar-refractivity contribution in [3.63, 3.8) is 0 Å². The van der Waals surface area contributed by atoms with Crippen molar-refractivity contribution in [1.29, 1.82) is 0 Å².